The molecule has 1 aliphatic heterocycles. The summed E-state index contributed by atoms with van der Waals surface area (Å²) >= 11 is 0. The van der Waals surface area contributed by atoms with Gasteiger partial charge in [0.2, 0.25) is 0 Å². The Bertz CT molecular complexity index is 541. The predicted molar refractivity (Wildman–Crippen MR) is 73.0 cm³/mol. The van der Waals surface area contributed by atoms with Gasteiger partial charge >= 0.3 is 5.97 Å². The summed E-state index contributed by atoms with van der Waals surface area (Å²) in [5.41, 5.74) is -0.207. The molecule has 2 atom stereocenters. The van der Waals surface area contributed by atoms with Crippen LogP contribution in [0.5, 0.6) is 0 Å². The number of rotatable bonds is 5. The van der Waals surface area contributed by atoms with Gasteiger partial charge in [0.15, 0.2) is 6.10 Å². The van der Waals surface area contributed by atoms with E-state index < -0.39 is 12.1 Å². The first kappa shape index (κ1) is 14.5. The van der Waals surface area contributed by atoms with Crippen molar-refractivity contribution in [3.05, 3.63) is 22.2 Å². The lowest BCUT2D eigenvalue weighted by Crippen LogP contribution is -2.25. The molecule has 0 saturated carbocycles. The molecule has 0 aliphatic carbocycles. The van der Waals surface area contributed by atoms with Crippen LogP contribution >= 0.6 is 0 Å². The molecule has 2 heterocycles. The Morgan fingerprint density at radius 3 is 2.95 bits per heavy atom. The fraction of sp³-hybridized carbons (Fsp3) is 0.615. The number of hydrogen-bond acceptors (Lipinski definition) is 5. The number of carbonyl (C=O) groups is 1. The number of H-pyrrole nitrogens is 1. The molecule has 20 heavy (non-hydrogen) atoms. The number of anilines is 1. The molecule has 0 bridgehead atoms. The minimum Gasteiger partial charge on any atom is -0.479 e. The number of hydrogen-bond donors (Lipinski definition) is 3. The van der Waals surface area contributed by atoms with E-state index in [1.54, 1.807) is 0 Å². The lowest BCUT2D eigenvalue weighted by molar-refractivity contribution is -0.149. The van der Waals surface area contributed by atoms with Gasteiger partial charge in [0.25, 0.3) is 5.56 Å². The first-order chi connectivity index (χ1) is 9.45. The van der Waals surface area contributed by atoms with Crippen molar-refractivity contribution in [3.63, 3.8) is 0 Å². The molecule has 1 fully saturated rings. The average molecular weight is 281 g/mol. The van der Waals surface area contributed by atoms with Gasteiger partial charge in [0.05, 0.1) is 6.10 Å². The summed E-state index contributed by atoms with van der Waals surface area (Å²) in [4.78, 5) is 29.3. The molecule has 3 N–H and O–H groups in total. The molecule has 7 heteroatoms. The lowest BCUT2D eigenvalue weighted by atomic mass is 10.2. The van der Waals surface area contributed by atoms with Gasteiger partial charge in [0, 0.05) is 18.5 Å². The molecule has 110 valence electrons. The summed E-state index contributed by atoms with van der Waals surface area (Å²) in [6, 6.07) is 1.38. The van der Waals surface area contributed by atoms with Crippen molar-refractivity contribution >= 4 is 11.8 Å². The van der Waals surface area contributed by atoms with E-state index in [1.165, 1.54) is 6.07 Å². The summed E-state index contributed by atoms with van der Waals surface area (Å²) in [6.45, 7) is 4.33. The third-order valence-corrected chi connectivity index (χ3v) is 3.20. The SMILES string of the molecule is CC(C)c1nc(NCC2CCC(C(=O)O)O2)cc(=O)[nH]1. The third kappa shape index (κ3) is 3.57. The monoisotopic (exact) mass is 281 g/mol. The number of nitrogens with zero attached hydrogens (tertiary/aromatic N) is 1. The van der Waals surface area contributed by atoms with Crippen molar-refractivity contribution in [1.29, 1.82) is 0 Å². The number of carboxylic acids is 1. The van der Waals surface area contributed by atoms with E-state index >= 15 is 0 Å². The normalized spacial score (nSPS) is 22.1. The highest BCUT2D eigenvalue weighted by Crippen LogP contribution is 2.20. The van der Waals surface area contributed by atoms with Gasteiger partial charge in [-0.3, -0.25) is 4.79 Å². The van der Waals surface area contributed by atoms with Crippen molar-refractivity contribution in [2.45, 2.75) is 44.8 Å². The van der Waals surface area contributed by atoms with Crippen molar-refractivity contribution in [2.75, 3.05) is 11.9 Å². The van der Waals surface area contributed by atoms with Gasteiger partial charge < -0.3 is 20.1 Å². The van der Waals surface area contributed by atoms with Crippen LogP contribution < -0.4 is 10.9 Å². The maximum atomic E-state index is 11.5. The van der Waals surface area contributed by atoms with Crippen LogP contribution in [0.4, 0.5) is 5.82 Å². The summed E-state index contributed by atoms with van der Waals surface area (Å²) in [5.74, 6) is 0.308. The van der Waals surface area contributed by atoms with Crippen LogP contribution in [0.2, 0.25) is 0 Å². The molecule has 7 nitrogen and oxygen atoms in total. The average Bonchev–Trinajstić information content (AvgIpc) is 2.84. The zero-order chi connectivity index (χ0) is 14.7. The molecule has 0 amide bonds. The van der Waals surface area contributed by atoms with Crippen molar-refractivity contribution in [2.24, 2.45) is 0 Å². The Morgan fingerprint density at radius 1 is 1.60 bits per heavy atom. The number of aromatic nitrogens is 2. The van der Waals surface area contributed by atoms with Crippen molar-refractivity contribution < 1.29 is 14.6 Å². The predicted octanol–water partition coefficient (Wildman–Crippen LogP) is 0.937. The number of aliphatic carboxylic acids is 1. The Morgan fingerprint density at radius 2 is 2.35 bits per heavy atom. The summed E-state index contributed by atoms with van der Waals surface area (Å²) in [6.07, 6.45) is 0.311. The van der Waals surface area contributed by atoms with Crippen LogP contribution in [0.25, 0.3) is 0 Å². The van der Waals surface area contributed by atoms with E-state index in [0.29, 0.717) is 31.0 Å². The summed E-state index contributed by atoms with van der Waals surface area (Å²) < 4.78 is 5.38. The van der Waals surface area contributed by atoms with Crippen molar-refractivity contribution in [3.8, 4) is 0 Å². The molecule has 0 radical (unpaired) electrons. The number of nitrogens with one attached hydrogen (secondary N) is 2. The highest BCUT2D eigenvalue weighted by molar-refractivity contribution is 5.72. The van der Waals surface area contributed by atoms with E-state index in [2.05, 4.69) is 15.3 Å². The molecule has 1 aromatic heterocycles. The van der Waals surface area contributed by atoms with Crippen LogP contribution in [-0.4, -0.2) is 39.8 Å². The summed E-state index contributed by atoms with van der Waals surface area (Å²) in [5, 5.41) is 11.9. The molecule has 1 saturated heterocycles. The Labute approximate surface area is 116 Å². The maximum absolute atomic E-state index is 11.5. The Hall–Kier alpha value is -1.89. The number of aromatic amines is 1. The number of ether oxygens (including phenoxy) is 1. The first-order valence-electron chi connectivity index (χ1n) is 6.69. The second-order valence-corrected chi connectivity index (χ2v) is 5.21. The van der Waals surface area contributed by atoms with Crippen LogP contribution in [-0.2, 0) is 9.53 Å². The van der Waals surface area contributed by atoms with Gasteiger partial charge in [-0.2, -0.15) is 0 Å². The van der Waals surface area contributed by atoms with Gasteiger partial charge in [-0.05, 0) is 12.8 Å². The van der Waals surface area contributed by atoms with Gasteiger partial charge in [-0.25, -0.2) is 9.78 Å². The lowest BCUT2D eigenvalue weighted by Gasteiger charge is -2.13. The van der Waals surface area contributed by atoms with E-state index in [-0.39, 0.29) is 17.6 Å². The Kier molecular flexibility index (Phi) is 4.39. The molecule has 1 aliphatic rings. The highest BCUT2D eigenvalue weighted by Gasteiger charge is 2.30. The number of carboxylic acid groups (broad SMARTS) is 1. The fourth-order valence-corrected chi connectivity index (χ4v) is 2.10. The van der Waals surface area contributed by atoms with Crippen molar-refractivity contribution in [1.82, 2.24) is 9.97 Å². The highest BCUT2D eigenvalue weighted by atomic mass is 16.5. The largest absolute Gasteiger partial charge is 0.479 e. The van der Waals surface area contributed by atoms with E-state index in [0.717, 1.165) is 0 Å². The maximum Gasteiger partial charge on any atom is 0.332 e. The van der Waals surface area contributed by atoms with Gasteiger partial charge in [-0.15, -0.1) is 0 Å². The summed E-state index contributed by atoms with van der Waals surface area (Å²) in [7, 11) is 0. The zero-order valence-electron chi connectivity index (χ0n) is 11.5. The van der Waals surface area contributed by atoms with Crippen LogP contribution in [0.1, 0.15) is 38.4 Å². The molecular weight excluding hydrogens is 262 g/mol. The zero-order valence-corrected chi connectivity index (χ0v) is 11.5. The minimum absolute atomic E-state index is 0.128. The molecule has 0 aromatic carbocycles. The Balaban J connectivity index is 1.95. The quantitative estimate of drug-likeness (QED) is 0.742. The molecule has 2 unspecified atom stereocenters. The van der Waals surface area contributed by atoms with Gasteiger partial charge in [0.1, 0.15) is 11.6 Å². The smallest absolute Gasteiger partial charge is 0.332 e. The fourth-order valence-electron chi connectivity index (χ4n) is 2.10. The molecule has 2 rings (SSSR count). The first-order valence-corrected chi connectivity index (χ1v) is 6.69. The standard InChI is InChI=1S/C13H19N3O4/c1-7(2)12-15-10(5-11(17)16-12)14-6-8-3-4-9(20-8)13(18)19/h5,7-9H,3-4,6H2,1-2H3,(H,18,19)(H2,14,15,16,17). The molecule has 0 spiro atoms. The van der Waals surface area contributed by atoms with E-state index in [1.807, 2.05) is 13.8 Å². The minimum atomic E-state index is -0.927. The topological polar surface area (TPSA) is 104 Å². The van der Waals surface area contributed by atoms with Crippen LogP contribution in [0, 0.1) is 0 Å². The van der Waals surface area contributed by atoms with Gasteiger partial charge in [-0.1, -0.05) is 13.8 Å². The van der Waals surface area contributed by atoms with Crippen LogP contribution in [0.3, 0.4) is 0 Å². The second kappa shape index (κ2) is 6.04. The van der Waals surface area contributed by atoms with E-state index in [4.69, 9.17) is 9.84 Å². The van der Waals surface area contributed by atoms with Crippen LogP contribution in [0.15, 0.2) is 10.9 Å². The third-order valence-electron chi connectivity index (χ3n) is 3.20. The van der Waals surface area contributed by atoms with E-state index in [9.17, 15) is 9.59 Å². The second-order valence-electron chi connectivity index (χ2n) is 5.21. The molecule has 1 aromatic rings. The molecular formula is C13H19N3O4.